The SMILES string of the molecule is CCc1ccc(-n2nnc(C(=O)O)c2CC)cc1. The lowest BCUT2D eigenvalue weighted by Crippen LogP contribution is -2.05. The Morgan fingerprint density at radius 2 is 1.89 bits per heavy atom. The highest BCUT2D eigenvalue weighted by Gasteiger charge is 2.18. The minimum absolute atomic E-state index is 0.0251. The molecular weight excluding hydrogens is 230 g/mol. The van der Waals surface area contributed by atoms with Crippen molar-refractivity contribution in [3.63, 3.8) is 0 Å². The molecule has 0 radical (unpaired) electrons. The molecule has 0 aliphatic heterocycles. The van der Waals surface area contributed by atoms with Gasteiger partial charge in [-0.15, -0.1) is 5.10 Å². The average molecular weight is 245 g/mol. The van der Waals surface area contributed by atoms with Crippen LogP contribution in [-0.4, -0.2) is 26.1 Å². The summed E-state index contributed by atoms with van der Waals surface area (Å²) in [6, 6.07) is 7.88. The standard InChI is InChI=1S/C13H15N3O2/c1-3-9-5-7-10(8-6-9)16-11(4-2)12(13(17)18)14-15-16/h5-8H,3-4H2,1-2H3,(H,17,18). The third-order valence-electron chi connectivity index (χ3n) is 2.89. The number of carboxylic acid groups (broad SMARTS) is 1. The maximum Gasteiger partial charge on any atom is 0.358 e. The van der Waals surface area contributed by atoms with Crippen molar-refractivity contribution in [3.05, 3.63) is 41.2 Å². The topological polar surface area (TPSA) is 68.0 Å². The number of nitrogens with zero attached hydrogens (tertiary/aromatic N) is 3. The lowest BCUT2D eigenvalue weighted by atomic mass is 10.1. The van der Waals surface area contributed by atoms with Gasteiger partial charge in [0.15, 0.2) is 5.69 Å². The third-order valence-corrected chi connectivity index (χ3v) is 2.89. The smallest absolute Gasteiger partial charge is 0.358 e. The Morgan fingerprint density at radius 1 is 1.22 bits per heavy atom. The van der Waals surface area contributed by atoms with Crippen LogP contribution >= 0.6 is 0 Å². The van der Waals surface area contributed by atoms with E-state index in [1.165, 1.54) is 5.56 Å². The molecule has 1 heterocycles. The fraction of sp³-hybridized carbons (Fsp3) is 0.308. The molecule has 0 aliphatic carbocycles. The molecular formula is C13H15N3O2. The van der Waals surface area contributed by atoms with Crippen LogP contribution in [0.4, 0.5) is 0 Å². The predicted octanol–water partition coefficient (Wildman–Crippen LogP) is 2.09. The van der Waals surface area contributed by atoms with Gasteiger partial charge in [-0.05, 0) is 30.5 Å². The van der Waals surface area contributed by atoms with Crippen LogP contribution in [0.1, 0.15) is 35.6 Å². The minimum Gasteiger partial charge on any atom is -0.476 e. The molecule has 0 spiro atoms. The molecule has 1 N–H and O–H groups in total. The number of carboxylic acids is 1. The number of aromatic nitrogens is 3. The normalized spacial score (nSPS) is 10.6. The van der Waals surface area contributed by atoms with Crippen molar-refractivity contribution in [2.45, 2.75) is 26.7 Å². The van der Waals surface area contributed by atoms with Crippen molar-refractivity contribution in [1.82, 2.24) is 15.0 Å². The molecule has 0 saturated carbocycles. The summed E-state index contributed by atoms with van der Waals surface area (Å²) in [5.41, 5.74) is 2.71. The zero-order chi connectivity index (χ0) is 13.1. The molecule has 2 rings (SSSR count). The Balaban J connectivity index is 2.46. The molecule has 1 aromatic heterocycles. The molecule has 0 bridgehead atoms. The Kier molecular flexibility index (Phi) is 3.41. The Morgan fingerprint density at radius 3 is 2.39 bits per heavy atom. The van der Waals surface area contributed by atoms with E-state index >= 15 is 0 Å². The average Bonchev–Trinajstić information content (AvgIpc) is 2.82. The van der Waals surface area contributed by atoms with Crippen molar-refractivity contribution in [1.29, 1.82) is 0 Å². The number of carbonyl (C=O) groups is 1. The Labute approximate surface area is 105 Å². The zero-order valence-corrected chi connectivity index (χ0v) is 10.4. The van der Waals surface area contributed by atoms with E-state index in [2.05, 4.69) is 17.2 Å². The molecule has 1 aromatic carbocycles. The molecule has 0 unspecified atom stereocenters. The maximum atomic E-state index is 11.0. The van der Waals surface area contributed by atoms with Gasteiger partial charge in [-0.25, -0.2) is 9.48 Å². The number of aromatic carboxylic acids is 1. The summed E-state index contributed by atoms with van der Waals surface area (Å²) in [7, 11) is 0. The van der Waals surface area contributed by atoms with Crippen LogP contribution in [0.25, 0.3) is 5.69 Å². The first-order chi connectivity index (χ1) is 8.67. The highest BCUT2D eigenvalue weighted by Crippen LogP contribution is 2.15. The van der Waals surface area contributed by atoms with Gasteiger partial charge < -0.3 is 5.11 Å². The fourth-order valence-electron chi connectivity index (χ4n) is 1.87. The van der Waals surface area contributed by atoms with Crippen molar-refractivity contribution in [2.75, 3.05) is 0 Å². The van der Waals surface area contributed by atoms with E-state index in [1.54, 1.807) is 4.68 Å². The van der Waals surface area contributed by atoms with Gasteiger partial charge in [0.2, 0.25) is 0 Å². The molecule has 2 aromatic rings. The monoisotopic (exact) mass is 245 g/mol. The molecule has 94 valence electrons. The van der Waals surface area contributed by atoms with Crippen LogP contribution in [0.2, 0.25) is 0 Å². The predicted molar refractivity (Wildman–Crippen MR) is 67.1 cm³/mol. The van der Waals surface area contributed by atoms with Crippen molar-refractivity contribution >= 4 is 5.97 Å². The van der Waals surface area contributed by atoms with Crippen LogP contribution < -0.4 is 0 Å². The second-order valence-electron chi connectivity index (χ2n) is 3.98. The second kappa shape index (κ2) is 5.00. The zero-order valence-electron chi connectivity index (χ0n) is 10.4. The summed E-state index contributed by atoms with van der Waals surface area (Å²) >= 11 is 0. The van der Waals surface area contributed by atoms with Crippen LogP contribution in [0.15, 0.2) is 24.3 Å². The molecule has 5 nitrogen and oxygen atoms in total. The number of aryl methyl sites for hydroxylation is 1. The van der Waals surface area contributed by atoms with Gasteiger partial charge in [-0.3, -0.25) is 0 Å². The van der Waals surface area contributed by atoms with Crippen molar-refractivity contribution in [2.24, 2.45) is 0 Å². The van der Waals surface area contributed by atoms with E-state index in [1.807, 2.05) is 31.2 Å². The number of rotatable bonds is 4. The first kappa shape index (κ1) is 12.3. The fourth-order valence-corrected chi connectivity index (χ4v) is 1.87. The van der Waals surface area contributed by atoms with Gasteiger partial charge in [0.1, 0.15) is 0 Å². The van der Waals surface area contributed by atoms with Gasteiger partial charge in [0.05, 0.1) is 11.4 Å². The van der Waals surface area contributed by atoms with Crippen LogP contribution in [-0.2, 0) is 12.8 Å². The molecule has 5 heteroatoms. The summed E-state index contributed by atoms with van der Waals surface area (Å²) in [6.45, 7) is 3.98. The van der Waals surface area contributed by atoms with E-state index in [4.69, 9.17) is 5.11 Å². The molecule has 18 heavy (non-hydrogen) atoms. The van der Waals surface area contributed by atoms with E-state index in [0.717, 1.165) is 12.1 Å². The first-order valence-electron chi connectivity index (χ1n) is 5.94. The highest BCUT2D eigenvalue weighted by molar-refractivity contribution is 5.86. The van der Waals surface area contributed by atoms with Crippen molar-refractivity contribution < 1.29 is 9.90 Å². The van der Waals surface area contributed by atoms with E-state index in [-0.39, 0.29) is 5.69 Å². The van der Waals surface area contributed by atoms with Crippen LogP contribution in [0, 0.1) is 0 Å². The van der Waals surface area contributed by atoms with Gasteiger partial charge in [-0.1, -0.05) is 31.2 Å². The summed E-state index contributed by atoms with van der Waals surface area (Å²) < 4.78 is 1.59. The minimum atomic E-state index is -1.04. The molecule has 0 aliphatic rings. The Hall–Kier alpha value is -2.17. The third kappa shape index (κ3) is 2.11. The molecule has 0 atom stereocenters. The van der Waals surface area contributed by atoms with Gasteiger partial charge in [-0.2, -0.15) is 0 Å². The molecule has 0 fully saturated rings. The largest absolute Gasteiger partial charge is 0.476 e. The van der Waals surface area contributed by atoms with Crippen molar-refractivity contribution in [3.8, 4) is 5.69 Å². The lowest BCUT2D eigenvalue weighted by Gasteiger charge is -2.05. The number of benzene rings is 1. The van der Waals surface area contributed by atoms with Gasteiger partial charge >= 0.3 is 5.97 Å². The highest BCUT2D eigenvalue weighted by atomic mass is 16.4. The van der Waals surface area contributed by atoms with Crippen LogP contribution in [0.5, 0.6) is 0 Å². The van der Waals surface area contributed by atoms with Gasteiger partial charge in [0.25, 0.3) is 0 Å². The van der Waals surface area contributed by atoms with E-state index in [0.29, 0.717) is 12.1 Å². The van der Waals surface area contributed by atoms with Gasteiger partial charge in [0, 0.05) is 0 Å². The van der Waals surface area contributed by atoms with E-state index in [9.17, 15) is 4.79 Å². The maximum absolute atomic E-state index is 11.0. The molecule has 0 amide bonds. The quantitative estimate of drug-likeness (QED) is 0.895. The summed E-state index contributed by atoms with van der Waals surface area (Å²) in [5.74, 6) is -1.04. The Bertz CT molecular complexity index is 558. The summed E-state index contributed by atoms with van der Waals surface area (Å²) in [5, 5.41) is 16.7. The lowest BCUT2D eigenvalue weighted by molar-refractivity contribution is 0.0689. The number of hydrogen-bond acceptors (Lipinski definition) is 3. The van der Waals surface area contributed by atoms with Crippen LogP contribution in [0.3, 0.4) is 0 Å². The summed E-state index contributed by atoms with van der Waals surface area (Å²) in [4.78, 5) is 11.0. The van der Waals surface area contributed by atoms with E-state index < -0.39 is 5.97 Å². The summed E-state index contributed by atoms with van der Waals surface area (Å²) in [6.07, 6.45) is 1.54. The second-order valence-corrected chi connectivity index (χ2v) is 3.98. The number of hydrogen-bond donors (Lipinski definition) is 1. The first-order valence-corrected chi connectivity index (χ1v) is 5.94. The molecule has 0 saturated heterocycles.